The summed E-state index contributed by atoms with van der Waals surface area (Å²) in [5.74, 6) is 0.247. The fraction of sp³-hybridized carbons (Fsp3) is 0.550. The van der Waals surface area contributed by atoms with Gasteiger partial charge in [-0.3, -0.25) is 19.3 Å². The van der Waals surface area contributed by atoms with Crippen LogP contribution in [0.1, 0.15) is 36.0 Å². The van der Waals surface area contributed by atoms with E-state index in [0.717, 1.165) is 31.5 Å². The molecule has 3 fully saturated rings. The van der Waals surface area contributed by atoms with E-state index in [1.54, 1.807) is 17.0 Å². The van der Waals surface area contributed by atoms with Crippen molar-refractivity contribution in [3.8, 4) is 0 Å². The average molecular weight is 370 g/mol. The minimum absolute atomic E-state index is 0.0105. The van der Waals surface area contributed by atoms with Crippen LogP contribution in [0.2, 0.25) is 0 Å². The lowest BCUT2D eigenvalue weighted by atomic mass is 10.1. The zero-order valence-corrected chi connectivity index (χ0v) is 15.5. The Hall–Kier alpha value is -2.41. The van der Waals surface area contributed by atoms with Gasteiger partial charge in [0.05, 0.1) is 6.54 Å². The summed E-state index contributed by atoms with van der Waals surface area (Å²) in [6.07, 6.45) is 3.68. The molecule has 1 aromatic rings. The molecule has 3 amide bonds. The van der Waals surface area contributed by atoms with E-state index in [1.165, 1.54) is 0 Å². The number of amides is 3. The zero-order valence-electron chi connectivity index (χ0n) is 15.5. The van der Waals surface area contributed by atoms with Gasteiger partial charge in [0, 0.05) is 56.4 Å². The summed E-state index contributed by atoms with van der Waals surface area (Å²) in [6, 6.07) is 7.71. The minimum atomic E-state index is 0.0105. The fourth-order valence-corrected chi connectivity index (χ4v) is 3.70. The molecule has 3 aliphatic rings. The van der Waals surface area contributed by atoms with Gasteiger partial charge in [-0.25, -0.2) is 0 Å². The number of carbonyl (C=O) groups is 3. The third-order valence-electron chi connectivity index (χ3n) is 5.47. The second-order valence-corrected chi connectivity index (χ2v) is 7.61. The third kappa shape index (κ3) is 4.30. The normalized spacial score (nSPS) is 20.8. The standard InChI is InChI=1S/C20H26N4O3/c25-18(21-16-5-6-16)14-22-10-12-23(13-11-22)20(27)15-3-7-17(8-4-15)24-9-1-2-19(24)26/h3-4,7-8,16H,1-2,5-6,9-14H2,(H,21,25). The first-order valence-corrected chi connectivity index (χ1v) is 9.81. The van der Waals surface area contributed by atoms with Crippen molar-refractivity contribution in [2.75, 3.05) is 44.2 Å². The molecule has 2 heterocycles. The van der Waals surface area contributed by atoms with E-state index in [9.17, 15) is 14.4 Å². The molecule has 0 unspecified atom stereocenters. The second-order valence-electron chi connectivity index (χ2n) is 7.61. The predicted molar refractivity (Wildman–Crippen MR) is 102 cm³/mol. The quantitative estimate of drug-likeness (QED) is 0.834. The first-order chi connectivity index (χ1) is 13.1. The highest BCUT2D eigenvalue weighted by Gasteiger charge is 2.27. The molecular formula is C20H26N4O3. The molecule has 7 heteroatoms. The smallest absolute Gasteiger partial charge is 0.253 e. The van der Waals surface area contributed by atoms with E-state index in [1.807, 2.05) is 17.0 Å². The molecule has 2 saturated heterocycles. The largest absolute Gasteiger partial charge is 0.352 e. The van der Waals surface area contributed by atoms with Gasteiger partial charge < -0.3 is 15.1 Å². The summed E-state index contributed by atoms with van der Waals surface area (Å²) < 4.78 is 0. The molecule has 0 radical (unpaired) electrons. The maximum atomic E-state index is 12.7. The Morgan fingerprint density at radius 3 is 2.30 bits per heavy atom. The molecule has 1 aromatic carbocycles. The minimum Gasteiger partial charge on any atom is -0.352 e. The fourth-order valence-electron chi connectivity index (χ4n) is 3.70. The molecule has 4 rings (SSSR count). The van der Waals surface area contributed by atoms with Crippen molar-refractivity contribution in [2.45, 2.75) is 31.7 Å². The van der Waals surface area contributed by atoms with Gasteiger partial charge in [0.15, 0.2) is 0 Å². The van der Waals surface area contributed by atoms with Crippen molar-refractivity contribution in [3.05, 3.63) is 29.8 Å². The van der Waals surface area contributed by atoms with Crippen LogP contribution < -0.4 is 10.2 Å². The highest BCUT2D eigenvalue weighted by Crippen LogP contribution is 2.22. The Labute approximate surface area is 159 Å². The molecule has 0 atom stereocenters. The van der Waals surface area contributed by atoms with E-state index >= 15 is 0 Å². The number of hydrogen-bond acceptors (Lipinski definition) is 4. The predicted octanol–water partition coefficient (Wildman–Crippen LogP) is 0.850. The van der Waals surface area contributed by atoms with Crippen LogP contribution in [0.25, 0.3) is 0 Å². The highest BCUT2D eigenvalue weighted by molar-refractivity contribution is 5.97. The average Bonchev–Trinajstić information content (AvgIpc) is 3.39. The van der Waals surface area contributed by atoms with Gasteiger partial charge in [0.1, 0.15) is 0 Å². The van der Waals surface area contributed by atoms with Gasteiger partial charge in [-0.2, -0.15) is 0 Å². The second kappa shape index (κ2) is 7.68. The van der Waals surface area contributed by atoms with Crippen LogP contribution in [-0.2, 0) is 9.59 Å². The van der Waals surface area contributed by atoms with E-state index in [4.69, 9.17) is 0 Å². The Morgan fingerprint density at radius 2 is 1.70 bits per heavy atom. The van der Waals surface area contributed by atoms with Crippen LogP contribution in [0, 0.1) is 0 Å². The molecule has 0 aromatic heterocycles. The summed E-state index contributed by atoms with van der Waals surface area (Å²) in [5.41, 5.74) is 1.51. The summed E-state index contributed by atoms with van der Waals surface area (Å²) >= 11 is 0. The van der Waals surface area contributed by atoms with Gasteiger partial charge in [0.25, 0.3) is 5.91 Å². The van der Waals surface area contributed by atoms with Crippen LogP contribution in [0.3, 0.4) is 0 Å². The molecule has 7 nitrogen and oxygen atoms in total. The lowest BCUT2D eigenvalue weighted by Gasteiger charge is -2.34. The lowest BCUT2D eigenvalue weighted by molar-refractivity contribution is -0.122. The zero-order chi connectivity index (χ0) is 18.8. The van der Waals surface area contributed by atoms with E-state index in [2.05, 4.69) is 10.2 Å². The first-order valence-electron chi connectivity index (χ1n) is 9.81. The number of hydrogen-bond donors (Lipinski definition) is 1. The lowest BCUT2D eigenvalue weighted by Crippen LogP contribution is -2.51. The molecule has 1 saturated carbocycles. The maximum absolute atomic E-state index is 12.7. The van der Waals surface area contributed by atoms with Crippen LogP contribution in [0.5, 0.6) is 0 Å². The molecular weight excluding hydrogens is 344 g/mol. The molecule has 0 bridgehead atoms. The van der Waals surface area contributed by atoms with Gasteiger partial charge in [-0.05, 0) is 43.5 Å². The molecule has 144 valence electrons. The number of nitrogens with zero attached hydrogens (tertiary/aromatic N) is 3. The summed E-state index contributed by atoms with van der Waals surface area (Å²) in [6.45, 7) is 3.84. The Bertz CT molecular complexity index is 721. The summed E-state index contributed by atoms with van der Waals surface area (Å²) in [5, 5.41) is 3.00. The Morgan fingerprint density at radius 1 is 1.00 bits per heavy atom. The molecule has 27 heavy (non-hydrogen) atoms. The van der Waals surface area contributed by atoms with Gasteiger partial charge in [0.2, 0.25) is 11.8 Å². The Balaban J connectivity index is 1.28. The highest BCUT2D eigenvalue weighted by atomic mass is 16.2. The van der Waals surface area contributed by atoms with Crippen LogP contribution in [0.4, 0.5) is 5.69 Å². The Kier molecular flexibility index (Phi) is 5.11. The maximum Gasteiger partial charge on any atom is 0.253 e. The summed E-state index contributed by atoms with van der Waals surface area (Å²) in [4.78, 5) is 42.2. The monoisotopic (exact) mass is 370 g/mol. The molecule has 2 aliphatic heterocycles. The molecule has 1 aliphatic carbocycles. The van der Waals surface area contributed by atoms with E-state index < -0.39 is 0 Å². The molecule has 1 N–H and O–H groups in total. The van der Waals surface area contributed by atoms with Crippen molar-refractivity contribution < 1.29 is 14.4 Å². The van der Waals surface area contributed by atoms with Crippen LogP contribution in [-0.4, -0.2) is 72.8 Å². The van der Waals surface area contributed by atoms with Crippen molar-refractivity contribution in [2.24, 2.45) is 0 Å². The number of rotatable bonds is 5. The van der Waals surface area contributed by atoms with Gasteiger partial charge >= 0.3 is 0 Å². The number of nitrogens with one attached hydrogen (secondary N) is 1. The first kappa shape index (κ1) is 18.0. The topological polar surface area (TPSA) is 73.0 Å². The summed E-state index contributed by atoms with van der Waals surface area (Å²) in [7, 11) is 0. The van der Waals surface area contributed by atoms with Gasteiger partial charge in [-0.15, -0.1) is 0 Å². The number of piperazine rings is 1. The van der Waals surface area contributed by atoms with E-state index in [0.29, 0.717) is 50.7 Å². The number of anilines is 1. The third-order valence-corrected chi connectivity index (χ3v) is 5.47. The SMILES string of the molecule is O=C(CN1CCN(C(=O)c2ccc(N3CCCC3=O)cc2)CC1)NC1CC1. The van der Waals surface area contributed by atoms with Crippen LogP contribution in [0.15, 0.2) is 24.3 Å². The van der Waals surface area contributed by atoms with Crippen molar-refractivity contribution >= 4 is 23.4 Å². The van der Waals surface area contributed by atoms with Crippen molar-refractivity contribution in [3.63, 3.8) is 0 Å². The van der Waals surface area contributed by atoms with Crippen LogP contribution >= 0.6 is 0 Å². The van der Waals surface area contributed by atoms with Crippen molar-refractivity contribution in [1.82, 2.24) is 15.1 Å². The van der Waals surface area contributed by atoms with E-state index in [-0.39, 0.29) is 17.7 Å². The number of carbonyl (C=O) groups excluding carboxylic acids is 3. The number of benzene rings is 1. The molecule has 0 spiro atoms. The van der Waals surface area contributed by atoms with Gasteiger partial charge in [-0.1, -0.05) is 0 Å². The van der Waals surface area contributed by atoms with Crippen molar-refractivity contribution in [1.29, 1.82) is 0 Å².